The molecule has 6 heteroatoms. The van der Waals surface area contributed by atoms with Crippen LogP contribution in [-0.2, 0) is 14.3 Å². The Balaban J connectivity index is 2.91. The number of ether oxygens (including phenoxy) is 4. The molecule has 0 unspecified atom stereocenters. The fraction of sp³-hybridized carbons (Fsp3) is 0.412. The lowest BCUT2D eigenvalue weighted by atomic mass is 10.1. The minimum atomic E-state index is -0.685. The zero-order valence-corrected chi connectivity index (χ0v) is 13.6. The summed E-state index contributed by atoms with van der Waals surface area (Å²) in [6, 6.07) is 7.02. The Morgan fingerprint density at radius 1 is 1.22 bits per heavy atom. The van der Waals surface area contributed by atoms with Gasteiger partial charge in [0.15, 0.2) is 11.5 Å². The molecule has 0 aliphatic heterocycles. The van der Waals surface area contributed by atoms with Crippen molar-refractivity contribution in [2.24, 2.45) is 0 Å². The van der Waals surface area contributed by atoms with Gasteiger partial charge in [-0.05, 0) is 30.2 Å². The lowest BCUT2D eigenvalue weighted by molar-refractivity contribution is -0.139. The molecule has 124 valence electrons. The Morgan fingerprint density at radius 3 is 2.61 bits per heavy atom. The number of esters is 1. The number of methoxy groups -OCH3 is 2. The van der Waals surface area contributed by atoms with E-state index in [1.54, 1.807) is 18.2 Å². The van der Waals surface area contributed by atoms with Crippen LogP contribution in [0.4, 0.5) is 0 Å². The molecule has 0 atom stereocenters. The van der Waals surface area contributed by atoms with Crippen molar-refractivity contribution in [2.75, 3.05) is 34.0 Å². The summed E-state index contributed by atoms with van der Waals surface area (Å²) in [5, 5.41) is 9.11. The maximum atomic E-state index is 11.8. The number of carbonyl (C=O) groups excluding carboxylic acids is 1. The van der Waals surface area contributed by atoms with Crippen molar-refractivity contribution in [3.8, 4) is 17.6 Å². The molecule has 0 bridgehead atoms. The first-order valence-electron chi connectivity index (χ1n) is 7.25. The van der Waals surface area contributed by atoms with Crippen LogP contribution in [0.25, 0.3) is 6.08 Å². The minimum absolute atomic E-state index is 0.0922. The summed E-state index contributed by atoms with van der Waals surface area (Å²) >= 11 is 0. The SMILES string of the molecule is CCCOc1ccc(/C=C(/C#N)C(=O)OCCOC)cc1OC. The fourth-order valence-corrected chi connectivity index (χ4v) is 1.70. The van der Waals surface area contributed by atoms with Crippen LogP contribution in [0, 0.1) is 11.3 Å². The zero-order valence-electron chi connectivity index (χ0n) is 13.6. The maximum Gasteiger partial charge on any atom is 0.348 e. The average Bonchev–Trinajstić information content (AvgIpc) is 2.58. The Morgan fingerprint density at radius 2 is 2.00 bits per heavy atom. The highest BCUT2D eigenvalue weighted by molar-refractivity contribution is 5.97. The van der Waals surface area contributed by atoms with Gasteiger partial charge in [0, 0.05) is 7.11 Å². The quantitative estimate of drug-likeness (QED) is 0.301. The van der Waals surface area contributed by atoms with Crippen LogP contribution in [0.3, 0.4) is 0 Å². The maximum absolute atomic E-state index is 11.8. The largest absolute Gasteiger partial charge is 0.493 e. The van der Waals surface area contributed by atoms with Crippen molar-refractivity contribution in [3.63, 3.8) is 0 Å². The lowest BCUT2D eigenvalue weighted by Crippen LogP contribution is -2.11. The molecule has 0 radical (unpaired) electrons. The smallest absolute Gasteiger partial charge is 0.348 e. The van der Waals surface area contributed by atoms with Gasteiger partial charge in [-0.25, -0.2) is 4.79 Å². The normalized spacial score (nSPS) is 10.8. The Labute approximate surface area is 136 Å². The van der Waals surface area contributed by atoms with Crippen molar-refractivity contribution >= 4 is 12.0 Å². The fourth-order valence-electron chi connectivity index (χ4n) is 1.70. The monoisotopic (exact) mass is 319 g/mol. The van der Waals surface area contributed by atoms with E-state index >= 15 is 0 Å². The Kier molecular flexibility index (Phi) is 8.25. The van der Waals surface area contributed by atoms with E-state index in [4.69, 9.17) is 24.2 Å². The van der Waals surface area contributed by atoms with Gasteiger partial charge in [0.25, 0.3) is 0 Å². The Hall–Kier alpha value is -2.52. The number of benzene rings is 1. The molecular weight excluding hydrogens is 298 g/mol. The number of hydrogen-bond donors (Lipinski definition) is 0. The van der Waals surface area contributed by atoms with Crippen LogP contribution < -0.4 is 9.47 Å². The molecule has 23 heavy (non-hydrogen) atoms. The van der Waals surface area contributed by atoms with Crippen LogP contribution in [0.5, 0.6) is 11.5 Å². The van der Waals surface area contributed by atoms with Gasteiger partial charge >= 0.3 is 5.97 Å². The summed E-state index contributed by atoms with van der Waals surface area (Å²) < 4.78 is 20.5. The third-order valence-electron chi connectivity index (χ3n) is 2.82. The first kappa shape index (κ1) is 18.5. The molecule has 1 aromatic carbocycles. The number of nitriles is 1. The highest BCUT2D eigenvalue weighted by atomic mass is 16.6. The second-order valence-corrected chi connectivity index (χ2v) is 4.56. The molecule has 0 fully saturated rings. The van der Waals surface area contributed by atoms with Crippen LogP contribution in [0.15, 0.2) is 23.8 Å². The molecule has 0 heterocycles. The lowest BCUT2D eigenvalue weighted by Gasteiger charge is -2.10. The first-order valence-corrected chi connectivity index (χ1v) is 7.25. The van der Waals surface area contributed by atoms with E-state index in [1.807, 2.05) is 13.0 Å². The minimum Gasteiger partial charge on any atom is -0.493 e. The van der Waals surface area contributed by atoms with Crippen molar-refractivity contribution in [2.45, 2.75) is 13.3 Å². The van der Waals surface area contributed by atoms with Gasteiger partial charge in [-0.3, -0.25) is 0 Å². The summed E-state index contributed by atoms with van der Waals surface area (Å²) in [4.78, 5) is 11.8. The van der Waals surface area contributed by atoms with Crippen LogP contribution in [0.2, 0.25) is 0 Å². The summed E-state index contributed by atoms with van der Waals surface area (Å²) in [5.41, 5.74) is 0.552. The van der Waals surface area contributed by atoms with E-state index in [0.29, 0.717) is 23.7 Å². The average molecular weight is 319 g/mol. The van der Waals surface area contributed by atoms with Crippen molar-refractivity contribution in [1.29, 1.82) is 5.26 Å². The first-order chi connectivity index (χ1) is 11.2. The van der Waals surface area contributed by atoms with E-state index < -0.39 is 5.97 Å². The van der Waals surface area contributed by atoms with Crippen molar-refractivity contribution < 1.29 is 23.7 Å². The summed E-state index contributed by atoms with van der Waals surface area (Å²) in [5.74, 6) is 0.472. The predicted molar refractivity (Wildman–Crippen MR) is 85.2 cm³/mol. The van der Waals surface area contributed by atoms with Crippen LogP contribution in [-0.4, -0.2) is 40.0 Å². The highest BCUT2D eigenvalue weighted by Crippen LogP contribution is 2.29. The van der Waals surface area contributed by atoms with E-state index in [1.165, 1.54) is 20.3 Å². The zero-order chi connectivity index (χ0) is 17.1. The van der Waals surface area contributed by atoms with Gasteiger partial charge in [0.2, 0.25) is 0 Å². The van der Waals surface area contributed by atoms with E-state index in [-0.39, 0.29) is 18.8 Å². The van der Waals surface area contributed by atoms with Gasteiger partial charge in [-0.15, -0.1) is 0 Å². The molecule has 0 saturated heterocycles. The van der Waals surface area contributed by atoms with E-state index in [0.717, 1.165) is 6.42 Å². The van der Waals surface area contributed by atoms with Gasteiger partial charge in [0.05, 0.1) is 20.3 Å². The van der Waals surface area contributed by atoms with Crippen molar-refractivity contribution in [1.82, 2.24) is 0 Å². The molecule has 0 amide bonds. The van der Waals surface area contributed by atoms with Crippen molar-refractivity contribution in [3.05, 3.63) is 29.3 Å². The molecule has 6 nitrogen and oxygen atoms in total. The van der Waals surface area contributed by atoms with Crippen LogP contribution >= 0.6 is 0 Å². The third kappa shape index (κ3) is 6.01. The molecule has 0 spiro atoms. The van der Waals surface area contributed by atoms with E-state index in [2.05, 4.69) is 0 Å². The molecule has 1 aromatic rings. The molecule has 0 aromatic heterocycles. The molecule has 0 N–H and O–H groups in total. The predicted octanol–water partition coefficient (Wildman–Crippen LogP) is 2.58. The second-order valence-electron chi connectivity index (χ2n) is 4.56. The van der Waals surface area contributed by atoms with Gasteiger partial charge < -0.3 is 18.9 Å². The Bertz CT molecular complexity index is 589. The van der Waals surface area contributed by atoms with Gasteiger partial charge in [0.1, 0.15) is 18.2 Å². The summed E-state index contributed by atoms with van der Waals surface area (Å²) in [6.07, 6.45) is 2.33. The van der Waals surface area contributed by atoms with Crippen LogP contribution in [0.1, 0.15) is 18.9 Å². The third-order valence-corrected chi connectivity index (χ3v) is 2.82. The van der Waals surface area contributed by atoms with E-state index in [9.17, 15) is 4.79 Å². The summed E-state index contributed by atoms with van der Waals surface area (Å²) in [7, 11) is 3.04. The number of rotatable bonds is 9. The second kappa shape index (κ2) is 10.2. The van der Waals surface area contributed by atoms with Gasteiger partial charge in [-0.1, -0.05) is 13.0 Å². The number of carbonyl (C=O) groups is 1. The number of hydrogen-bond acceptors (Lipinski definition) is 6. The molecule has 0 aliphatic carbocycles. The molecule has 0 saturated carbocycles. The molecule has 0 aliphatic rings. The molecule has 1 rings (SSSR count). The number of nitrogens with zero attached hydrogens (tertiary/aromatic N) is 1. The van der Waals surface area contributed by atoms with Gasteiger partial charge in [-0.2, -0.15) is 5.26 Å². The topological polar surface area (TPSA) is 77.8 Å². The highest BCUT2D eigenvalue weighted by Gasteiger charge is 2.12. The molecular formula is C17H21NO5. The summed E-state index contributed by atoms with van der Waals surface area (Å²) in [6.45, 7) is 2.97. The standard InChI is InChI=1S/C17H21NO5/c1-4-7-22-15-6-5-13(11-16(15)21-3)10-14(12-18)17(19)23-9-8-20-2/h5-6,10-11H,4,7-9H2,1-3H3/b14-10-.